The number of thiol groups is 1. The van der Waals surface area contributed by atoms with Crippen molar-refractivity contribution in [3.8, 4) is 5.75 Å². The zero-order chi connectivity index (χ0) is 17.2. The molecule has 0 aliphatic carbocycles. The van der Waals surface area contributed by atoms with Crippen molar-refractivity contribution in [3.63, 3.8) is 0 Å². The summed E-state index contributed by atoms with van der Waals surface area (Å²) in [5, 5.41) is 10.4. The molecule has 3 rings (SSSR count). The first-order chi connectivity index (χ1) is 11.5. The Morgan fingerprint density at radius 2 is 1.21 bits per heavy atom. The standard InChI is InChI=1S/C22H24OS/c1-22(2,3)17-13-15-19(16-14-17)24(18-9-5-4-6-10-18)21-12-8-7-11-20(21)23/h4-16,23-24H,1-3H3. The molecule has 0 spiro atoms. The summed E-state index contributed by atoms with van der Waals surface area (Å²) in [7, 11) is -0.765. The third kappa shape index (κ3) is 3.49. The molecule has 1 unspecified atom stereocenters. The summed E-state index contributed by atoms with van der Waals surface area (Å²) in [4.78, 5) is 3.51. The maximum Gasteiger partial charge on any atom is 0.128 e. The Balaban J connectivity index is 2.11. The Labute approximate surface area is 147 Å². The highest BCUT2D eigenvalue weighted by Gasteiger charge is 2.18. The lowest BCUT2D eigenvalue weighted by atomic mass is 9.87. The van der Waals surface area contributed by atoms with Gasteiger partial charge in [-0.05, 0) is 57.2 Å². The monoisotopic (exact) mass is 336 g/mol. The minimum atomic E-state index is -0.765. The molecule has 0 fully saturated rings. The van der Waals surface area contributed by atoms with E-state index < -0.39 is 10.9 Å². The number of phenolic OH excluding ortho intramolecular Hbond substituents is 1. The minimum Gasteiger partial charge on any atom is -0.507 e. The summed E-state index contributed by atoms with van der Waals surface area (Å²) < 4.78 is 0. The van der Waals surface area contributed by atoms with Gasteiger partial charge in [0.15, 0.2) is 0 Å². The first kappa shape index (κ1) is 16.7. The molecule has 0 heterocycles. The van der Waals surface area contributed by atoms with Crippen molar-refractivity contribution in [2.24, 2.45) is 0 Å². The number of hydrogen-bond acceptors (Lipinski definition) is 1. The van der Waals surface area contributed by atoms with Gasteiger partial charge in [0.1, 0.15) is 5.75 Å². The van der Waals surface area contributed by atoms with Gasteiger partial charge in [-0.3, -0.25) is 0 Å². The van der Waals surface area contributed by atoms with E-state index in [2.05, 4.69) is 69.3 Å². The van der Waals surface area contributed by atoms with Crippen LogP contribution in [0.15, 0.2) is 93.5 Å². The van der Waals surface area contributed by atoms with Crippen LogP contribution in [0.4, 0.5) is 0 Å². The highest BCUT2D eigenvalue weighted by Crippen LogP contribution is 2.54. The Hall–Kier alpha value is -2.19. The maximum absolute atomic E-state index is 10.4. The van der Waals surface area contributed by atoms with Crippen LogP contribution in [0.5, 0.6) is 5.75 Å². The normalized spacial score (nSPS) is 13.5. The van der Waals surface area contributed by atoms with Crippen molar-refractivity contribution >= 4 is 10.9 Å². The van der Waals surface area contributed by atoms with Crippen LogP contribution in [0.25, 0.3) is 0 Å². The summed E-state index contributed by atoms with van der Waals surface area (Å²) in [6, 6.07) is 27.0. The third-order valence-electron chi connectivity index (χ3n) is 4.13. The van der Waals surface area contributed by atoms with Crippen LogP contribution in [-0.4, -0.2) is 5.11 Å². The number of hydrogen-bond donors (Lipinski definition) is 2. The molecule has 1 N–H and O–H groups in total. The van der Waals surface area contributed by atoms with Crippen LogP contribution in [0.2, 0.25) is 0 Å². The second kappa shape index (κ2) is 6.74. The molecule has 0 aliphatic rings. The number of para-hydroxylation sites is 1. The minimum absolute atomic E-state index is 0.142. The van der Waals surface area contributed by atoms with Crippen molar-refractivity contribution < 1.29 is 5.11 Å². The molecule has 0 aliphatic heterocycles. The Bertz CT molecular complexity index is 801. The molecule has 124 valence electrons. The van der Waals surface area contributed by atoms with E-state index in [1.807, 2.05) is 24.3 Å². The van der Waals surface area contributed by atoms with Gasteiger partial charge in [-0.2, -0.15) is 10.9 Å². The fraction of sp³-hybridized carbons (Fsp3) is 0.182. The van der Waals surface area contributed by atoms with E-state index in [1.54, 1.807) is 6.07 Å². The molecular formula is C22H24OS. The molecular weight excluding hydrogens is 312 g/mol. The summed E-state index contributed by atoms with van der Waals surface area (Å²) in [5.41, 5.74) is 1.47. The predicted molar refractivity (Wildman–Crippen MR) is 103 cm³/mol. The first-order valence-electron chi connectivity index (χ1n) is 8.20. The fourth-order valence-corrected chi connectivity index (χ4v) is 5.08. The Morgan fingerprint density at radius 1 is 0.667 bits per heavy atom. The molecule has 0 aromatic heterocycles. The van der Waals surface area contributed by atoms with Gasteiger partial charge in [0.2, 0.25) is 0 Å². The van der Waals surface area contributed by atoms with Crippen molar-refractivity contribution in [3.05, 3.63) is 84.4 Å². The summed E-state index contributed by atoms with van der Waals surface area (Å²) >= 11 is 0. The second-order valence-electron chi connectivity index (χ2n) is 6.96. The van der Waals surface area contributed by atoms with Crippen molar-refractivity contribution in [2.75, 3.05) is 0 Å². The average Bonchev–Trinajstić information content (AvgIpc) is 2.58. The number of benzene rings is 3. The van der Waals surface area contributed by atoms with Crippen LogP contribution in [0.3, 0.4) is 0 Å². The van der Waals surface area contributed by atoms with E-state index in [0.29, 0.717) is 5.75 Å². The average molecular weight is 337 g/mol. The van der Waals surface area contributed by atoms with Gasteiger partial charge in [0, 0.05) is 4.90 Å². The molecule has 0 saturated carbocycles. The lowest BCUT2D eigenvalue weighted by molar-refractivity contribution is 0.462. The van der Waals surface area contributed by atoms with E-state index in [4.69, 9.17) is 0 Å². The largest absolute Gasteiger partial charge is 0.507 e. The van der Waals surface area contributed by atoms with Crippen molar-refractivity contribution in [1.29, 1.82) is 0 Å². The zero-order valence-corrected chi connectivity index (χ0v) is 15.3. The zero-order valence-electron chi connectivity index (χ0n) is 14.4. The first-order valence-corrected chi connectivity index (χ1v) is 9.55. The molecule has 1 nitrogen and oxygen atoms in total. The fourth-order valence-electron chi connectivity index (χ4n) is 2.77. The van der Waals surface area contributed by atoms with Crippen molar-refractivity contribution in [2.45, 2.75) is 40.9 Å². The lowest BCUT2D eigenvalue weighted by Gasteiger charge is -2.25. The van der Waals surface area contributed by atoms with E-state index in [-0.39, 0.29) is 5.41 Å². The highest BCUT2D eigenvalue weighted by atomic mass is 32.2. The summed E-state index contributed by atoms with van der Waals surface area (Å²) in [6.07, 6.45) is 0. The van der Waals surface area contributed by atoms with Gasteiger partial charge in [-0.1, -0.05) is 63.2 Å². The molecule has 3 aromatic rings. The molecule has 0 radical (unpaired) electrons. The van der Waals surface area contributed by atoms with Crippen LogP contribution in [0.1, 0.15) is 26.3 Å². The molecule has 0 saturated heterocycles. The molecule has 0 bridgehead atoms. The summed E-state index contributed by atoms with van der Waals surface area (Å²) in [5.74, 6) is 0.368. The molecule has 0 amide bonds. The van der Waals surface area contributed by atoms with E-state index in [1.165, 1.54) is 15.4 Å². The third-order valence-corrected chi connectivity index (χ3v) is 6.62. The molecule has 3 aromatic carbocycles. The van der Waals surface area contributed by atoms with Gasteiger partial charge in [-0.25, -0.2) is 0 Å². The Morgan fingerprint density at radius 3 is 1.79 bits per heavy atom. The van der Waals surface area contributed by atoms with Gasteiger partial charge in [0.25, 0.3) is 0 Å². The van der Waals surface area contributed by atoms with E-state index in [0.717, 1.165) is 4.90 Å². The summed E-state index contributed by atoms with van der Waals surface area (Å²) in [6.45, 7) is 6.68. The van der Waals surface area contributed by atoms with E-state index in [9.17, 15) is 5.11 Å². The van der Waals surface area contributed by atoms with Gasteiger partial charge < -0.3 is 5.11 Å². The van der Waals surface area contributed by atoms with Gasteiger partial charge in [-0.15, -0.1) is 0 Å². The SMILES string of the molecule is CC(C)(C)c1ccc([SH](c2ccccc2)c2ccccc2O)cc1. The van der Waals surface area contributed by atoms with E-state index >= 15 is 0 Å². The smallest absolute Gasteiger partial charge is 0.128 e. The molecule has 24 heavy (non-hydrogen) atoms. The van der Waals surface area contributed by atoms with Crippen LogP contribution < -0.4 is 0 Å². The van der Waals surface area contributed by atoms with Crippen LogP contribution in [-0.2, 0) is 5.41 Å². The Kier molecular flexibility index (Phi) is 4.68. The van der Waals surface area contributed by atoms with Gasteiger partial charge in [0.05, 0.1) is 0 Å². The second-order valence-corrected chi connectivity index (χ2v) is 9.14. The molecule has 2 heteroatoms. The highest BCUT2D eigenvalue weighted by molar-refractivity contribution is 8.17. The van der Waals surface area contributed by atoms with Crippen LogP contribution >= 0.6 is 10.9 Å². The van der Waals surface area contributed by atoms with Crippen molar-refractivity contribution in [1.82, 2.24) is 0 Å². The van der Waals surface area contributed by atoms with Crippen LogP contribution in [0, 0.1) is 0 Å². The predicted octanol–water partition coefficient (Wildman–Crippen LogP) is 6.17. The maximum atomic E-state index is 10.4. The topological polar surface area (TPSA) is 20.2 Å². The number of aromatic hydroxyl groups is 1. The van der Waals surface area contributed by atoms with Gasteiger partial charge >= 0.3 is 0 Å². The number of rotatable bonds is 3. The lowest BCUT2D eigenvalue weighted by Crippen LogP contribution is -2.10. The number of phenols is 1. The quantitative estimate of drug-likeness (QED) is 0.548. The molecule has 1 atom stereocenters.